The summed E-state index contributed by atoms with van der Waals surface area (Å²) in [5.41, 5.74) is 0. The summed E-state index contributed by atoms with van der Waals surface area (Å²) in [6.45, 7) is 5.30. The van der Waals surface area contributed by atoms with Crippen LogP contribution in [-0.2, 0) is 32.7 Å². The zero-order valence-electron chi connectivity index (χ0n) is 33.2. The Bertz CT molecular complexity index is 1030. The van der Waals surface area contributed by atoms with Gasteiger partial charge in [-0.1, -0.05) is 139 Å². The summed E-state index contributed by atoms with van der Waals surface area (Å²) < 4.78 is 32.6. The van der Waals surface area contributed by atoms with Crippen LogP contribution in [0.1, 0.15) is 175 Å². The zero-order valence-corrected chi connectivity index (χ0v) is 34.1. The van der Waals surface area contributed by atoms with Gasteiger partial charge in [0.25, 0.3) is 0 Å². The molecule has 0 aliphatic carbocycles. The van der Waals surface area contributed by atoms with E-state index in [1.54, 1.807) is 6.92 Å². The van der Waals surface area contributed by atoms with E-state index < -0.39 is 26.5 Å². The highest BCUT2D eigenvalue weighted by atomic mass is 31.2. The summed E-state index contributed by atoms with van der Waals surface area (Å²) >= 11 is 0. The van der Waals surface area contributed by atoms with Gasteiger partial charge in [-0.25, -0.2) is 4.57 Å². The average Bonchev–Trinajstić information content (AvgIpc) is 3.12. The summed E-state index contributed by atoms with van der Waals surface area (Å²) in [6, 6.07) is 0. The molecule has 0 rings (SSSR count). The van der Waals surface area contributed by atoms with Gasteiger partial charge in [0.05, 0.1) is 13.2 Å². The molecule has 52 heavy (non-hydrogen) atoms. The van der Waals surface area contributed by atoms with Crippen molar-refractivity contribution in [1.29, 1.82) is 0 Å². The van der Waals surface area contributed by atoms with Crippen molar-refractivity contribution in [1.82, 2.24) is 0 Å². The fourth-order valence-electron chi connectivity index (χ4n) is 5.32. The van der Waals surface area contributed by atoms with Gasteiger partial charge in [0.1, 0.15) is 6.61 Å². The number of carbonyl (C=O) groups excluding carboxylic acids is 2. The van der Waals surface area contributed by atoms with Crippen molar-refractivity contribution in [3.63, 3.8) is 0 Å². The highest BCUT2D eigenvalue weighted by Crippen LogP contribution is 2.43. The van der Waals surface area contributed by atoms with Gasteiger partial charge in [-0.15, -0.1) is 0 Å². The van der Waals surface area contributed by atoms with Crippen molar-refractivity contribution in [3.05, 3.63) is 60.8 Å². The third kappa shape index (κ3) is 37.5. The molecular formula is C43H75O8P. The van der Waals surface area contributed by atoms with E-state index in [1.165, 1.54) is 44.9 Å². The van der Waals surface area contributed by atoms with Crippen LogP contribution in [0.25, 0.3) is 0 Å². The molecule has 0 aromatic rings. The number of esters is 2. The highest BCUT2D eigenvalue weighted by molar-refractivity contribution is 7.47. The number of phosphoric acid groups is 1. The fourth-order valence-corrected chi connectivity index (χ4v) is 6.07. The van der Waals surface area contributed by atoms with Gasteiger partial charge < -0.3 is 14.4 Å². The van der Waals surface area contributed by atoms with E-state index in [0.717, 1.165) is 89.9 Å². The van der Waals surface area contributed by atoms with Gasteiger partial charge in [0.15, 0.2) is 6.10 Å². The standard InChI is InChI=1S/C43H75O8P/c1-4-7-9-11-13-15-17-19-21-22-24-26-28-30-32-34-36-38-43(45)51-41(40-50-52(46,47)49-6-3)39-48-42(44)37-35-33-31-29-27-25-23-20-18-16-14-12-10-8-5-2/h7,9,13,15,19-21,23-24,26,41H,4-6,8,10-12,14,16-18,22,25,27-40H2,1-3H3,(H,46,47)/b9-7-,15-13-,21-19-,23-20-,26-24-. The molecular weight excluding hydrogens is 675 g/mol. The van der Waals surface area contributed by atoms with Crippen LogP contribution in [0.2, 0.25) is 0 Å². The molecule has 8 nitrogen and oxygen atoms in total. The maximum Gasteiger partial charge on any atom is 0.472 e. The van der Waals surface area contributed by atoms with Crippen LogP contribution in [-0.4, -0.2) is 42.8 Å². The van der Waals surface area contributed by atoms with E-state index in [0.29, 0.717) is 6.42 Å². The second kappa shape index (κ2) is 38.5. The minimum Gasteiger partial charge on any atom is -0.462 e. The molecule has 2 atom stereocenters. The molecule has 0 aliphatic rings. The largest absolute Gasteiger partial charge is 0.472 e. The van der Waals surface area contributed by atoms with E-state index in [4.69, 9.17) is 18.5 Å². The first kappa shape index (κ1) is 49.8. The Hall–Kier alpha value is -2.25. The quantitative estimate of drug-likeness (QED) is 0.0289. The summed E-state index contributed by atoms with van der Waals surface area (Å²) in [5.74, 6) is -0.839. The molecule has 1 N–H and O–H groups in total. The van der Waals surface area contributed by atoms with Gasteiger partial charge in [0.2, 0.25) is 0 Å². The van der Waals surface area contributed by atoms with E-state index in [9.17, 15) is 19.0 Å². The molecule has 0 amide bonds. The first-order valence-electron chi connectivity index (χ1n) is 20.6. The predicted octanol–water partition coefficient (Wildman–Crippen LogP) is 12.8. The van der Waals surface area contributed by atoms with Gasteiger partial charge in [0, 0.05) is 12.8 Å². The molecule has 0 aromatic carbocycles. The second-order valence-electron chi connectivity index (χ2n) is 13.3. The monoisotopic (exact) mass is 751 g/mol. The molecule has 300 valence electrons. The van der Waals surface area contributed by atoms with Crippen LogP contribution in [0.5, 0.6) is 0 Å². The Morgan fingerprint density at radius 3 is 1.50 bits per heavy atom. The predicted molar refractivity (Wildman–Crippen MR) is 216 cm³/mol. The fraction of sp³-hybridized carbons (Fsp3) is 0.721. The third-order valence-electron chi connectivity index (χ3n) is 8.31. The summed E-state index contributed by atoms with van der Waals surface area (Å²) in [5, 5.41) is 0. The van der Waals surface area contributed by atoms with E-state index >= 15 is 0 Å². The number of phosphoric ester groups is 1. The first-order valence-corrected chi connectivity index (χ1v) is 22.1. The molecule has 0 spiro atoms. The number of rotatable bonds is 37. The van der Waals surface area contributed by atoms with Gasteiger partial charge in [-0.2, -0.15) is 0 Å². The number of unbranched alkanes of at least 4 members (excludes halogenated alkanes) is 15. The third-order valence-corrected chi connectivity index (χ3v) is 9.37. The van der Waals surface area contributed by atoms with E-state index in [1.807, 2.05) is 0 Å². The van der Waals surface area contributed by atoms with Gasteiger partial charge in [-0.05, 0) is 84.0 Å². The maximum absolute atomic E-state index is 12.5. The zero-order chi connectivity index (χ0) is 38.2. The van der Waals surface area contributed by atoms with Crippen molar-refractivity contribution >= 4 is 19.8 Å². The van der Waals surface area contributed by atoms with E-state index in [2.05, 4.69) is 74.6 Å². The van der Waals surface area contributed by atoms with Gasteiger partial charge in [-0.3, -0.25) is 18.6 Å². The van der Waals surface area contributed by atoms with Crippen molar-refractivity contribution in [2.75, 3.05) is 19.8 Å². The molecule has 0 saturated carbocycles. The Balaban J connectivity index is 4.19. The normalized spacial score (nSPS) is 14.0. The summed E-state index contributed by atoms with van der Waals surface area (Å²) in [6.07, 6.45) is 45.5. The van der Waals surface area contributed by atoms with Crippen LogP contribution in [0.3, 0.4) is 0 Å². The number of hydrogen-bond acceptors (Lipinski definition) is 7. The molecule has 0 radical (unpaired) electrons. The van der Waals surface area contributed by atoms with Crippen LogP contribution in [0, 0.1) is 0 Å². The number of allylic oxidation sites excluding steroid dienone is 10. The molecule has 0 bridgehead atoms. The molecule has 2 unspecified atom stereocenters. The maximum atomic E-state index is 12.5. The topological polar surface area (TPSA) is 108 Å². The Morgan fingerprint density at radius 2 is 0.981 bits per heavy atom. The SMILES string of the molecule is CC/C=C\C/C=C\C/C=C\C/C=C\CCCCCCC(=O)OC(COC(=O)CCCCCCC/C=C\CCCCCCCC)COP(=O)(O)OCC. The smallest absolute Gasteiger partial charge is 0.462 e. The number of carbonyl (C=O) groups is 2. The van der Waals surface area contributed by atoms with Crippen molar-refractivity contribution < 1.29 is 37.6 Å². The number of hydrogen-bond donors (Lipinski definition) is 1. The van der Waals surface area contributed by atoms with Crippen LogP contribution in [0.4, 0.5) is 0 Å². The van der Waals surface area contributed by atoms with Crippen LogP contribution < -0.4 is 0 Å². The summed E-state index contributed by atoms with van der Waals surface area (Å²) in [7, 11) is -4.29. The minimum absolute atomic E-state index is 0.00848. The van der Waals surface area contributed by atoms with Crippen molar-refractivity contribution in [2.24, 2.45) is 0 Å². The Labute approximate surface area is 318 Å². The highest BCUT2D eigenvalue weighted by Gasteiger charge is 2.25. The molecule has 0 aliphatic heterocycles. The lowest BCUT2D eigenvalue weighted by Gasteiger charge is -2.19. The van der Waals surface area contributed by atoms with Crippen LogP contribution >= 0.6 is 7.82 Å². The van der Waals surface area contributed by atoms with Crippen LogP contribution in [0.15, 0.2) is 60.8 Å². The lowest BCUT2D eigenvalue weighted by atomic mass is 10.1. The lowest BCUT2D eigenvalue weighted by molar-refractivity contribution is -0.161. The first-order chi connectivity index (χ1) is 25.3. The molecule has 0 saturated heterocycles. The van der Waals surface area contributed by atoms with Crippen molar-refractivity contribution in [3.8, 4) is 0 Å². The summed E-state index contributed by atoms with van der Waals surface area (Å²) in [4.78, 5) is 34.7. The second-order valence-corrected chi connectivity index (χ2v) is 14.7. The number of ether oxygens (including phenoxy) is 2. The van der Waals surface area contributed by atoms with Gasteiger partial charge >= 0.3 is 19.8 Å². The molecule has 0 aromatic heterocycles. The van der Waals surface area contributed by atoms with Crippen molar-refractivity contribution in [2.45, 2.75) is 181 Å². The minimum atomic E-state index is -4.29. The Kier molecular flexibility index (Phi) is 36.8. The average molecular weight is 751 g/mol. The lowest BCUT2D eigenvalue weighted by Crippen LogP contribution is -2.29. The molecule has 9 heteroatoms. The van der Waals surface area contributed by atoms with E-state index in [-0.39, 0.29) is 32.0 Å². The molecule has 0 heterocycles. The Morgan fingerprint density at radius 1 is 0.538 bits per heavy atom. The molecule has 0 fully saturated rings.